The minimum absolute atomic E-state index is 0.0774. The Bertz CT molecular complexity index is 1130. The molecule has 0 radical (unpaired) electrons. The molecule has 2 atom stereocenters. The van der Waals surface area contributed by atoms with Crippen LogP contribution in [0.3, 0.4) is 0 Å². The second-order valence-electron chi connectivity index (χ2n) is 10.3. The van der Waals surface area contributed by atoms with Gasteiger partial charge in [-0.05, 0) is 48.9 Å². The Balaban J connectivity index is 1.86. The summed E-state index contributed by atoms with van der Waals surface area (Å²) in [6, 6.07) is 7.59. The number of nitrogens with zero attached hydrogens (tertiary/aromatic N) is 2. The zero-order valence-electron chi connectivity index (χ0n) is 22.8. The Kier molecular flexibility index (Phi) is 10.2. The molecule has 0 N–H and O–H groups in total. The van der Waals surface area contributed by atoms with Gasteiger partial charge in [0.25, 0.3) is 11.8 Å². The van der Waals surface area contributed by atoms with E-state index in [2.05, 4.69) is 27.7 Å². The van der Waals surface area contributed by atoms with Gasteiger partial charge in [-0.3, -0.25) is 9.59 Å². The fraction of sp³-hybridized carbons (Fsp3) is 0.533. The van der Waals surface area contributed by atoms with E-state index in [-0.39, 0.29) is 11.8 Å². The largest absolute Gasteiger partial charge is 0.306 e. The fourth-order valence-electron chi connectivity index (χ4n) is 5.49. The van der Waals surface area contributed by atoms with Crippen molar-refractivity contribution in [3.8, 4) is 0 Å². The van der Waals surface area contributed by atoms with E-state index in [1.165, 1.54) is 22.7 Å². The number of fused-ring (bicyclic) bond motifs is 1. The first kappa shape index (κ1) is 29.4. The van der Waals surface area contributed by atoms with Crippen LogP contribution in [0.2, 0.25) is 8.67 Å². The van der Waals surface area contributed by atoms with Crippen LogP contribution < -0.4 is 0 Å². The number of unbranched alkanes of at least 4 members (excludes halogenated alkanes) is 2. The van der Waals surface area contributed by atoms with E-state index < -0.39 is 0 Å². The lowest BCUT2D eigenvalue weighted by Gasteiger charge is -2.29. The van der Waals surface area contributed by atoms with Gasteiger partial charge in [0.2, 0.25) is 0 Å². The first-order chi connectivity index (χ1) is 18.3. The molecule has 0 saturated carbocycles. The number of hydrogen-bond acceptors (Lipinski definition) is 4. The van der Waals surface area contributed by atoms with E-state index in [1.54, 1.807) is 0 Å². The summed E-state index contributed by atoms with van der Waals surface area (Å²) in [4.78, 5) is 34.1. The predicted octanol–water partition coefficient (Wildman–Crippen LogP) is 9.36. The van der Waals surface area contributed by atoms with Crippen LogP contribution in [0.25, 0.3) is 11.4 Å². The molecule has 4 nitrogen and oxygen atoms in total. The van der Waals surface area contributed by atoms with Gasteiger partial charge in [0, 0.05) is 13.1 Å². The second kappa shape index (κ2) is 13.2. The minimum atomic E-state index is -0.0774. The van der Waals surface area contributed by atoms with Gasteiger partial charge in [0.15, 0.2) is 0 Å². The topological polar surface area (TPSA) is 40.6 Å². The molecular formula is C30H38Cl2N2O2S2. The number of amides is 2. The van der Waals surface area contributed by atoms with Crippen LogP contribution in [0, 0.1) is 11.8 Å². The summed E-state index contributed by atoms with van der Waals surface area (Å²) < 4.78 is 1.29. The van der Waals surface area contributed by atoms with Gasteiger partial charge < -0.3 is 9.80 Å². The number of carbonyl (C=O) groups excluding carboxylic acids is 2. The molecule has 2 unspecified atom stereocenters. The highest BCUT2D eigenvalue weighted by Gasteiger charge is 2.50. The zero-order chi connectivity index (χ0) is 27.4. The van der Waals surface area contributed by atoms with Gasteiger partial charge in [-0.15, -0.1) is 22.7 Å². The highest BCUT2D eigenvalue weighted by Crippen LogP contribution is 2.50. The lowest BCUT2D eigenvalue weighted by Crippen LogP contribution is -2.34. The van der Waals surface area contributed by atoms with Crippen LogP contribution in [0.5, 0.6) is 0 Å². The van der Waals surface area contributed by atoms with E-state index >= 15 is 0 Å². The van der Waals surface area contributed by atoms with E-state index in [0.29, 0.717) is 44.7 Å². The van der Waals surface area contributed by atoms with Crippen LogP contribution >= 0.6 is 45.9 Å². The van der Waals surface area contributed by atoms with Crippen LogP contribution in [0.4, 0.5) is 0 Å². The van der Waals surface area contributed by atoms with Crippen molar-refractivity contribution in [2.75, 3.05) is 13.1 Å². The number of rotatable bonds is 14. The van der Waals surface area contributed by atoms with Crippen LogP contribution in [-0.2, 0) is 9.59 Å². The summed E-state index contributed by atoms with van der Waals surface area (Å²) in [6.45, 7) is 9.96. The Morgan fingerprint density at radius 3 is 1.37 bits per heavy atom. The molecule has 2 aromatic rings. The lowest BCUT2D eigenvalue weighted by molar-refractivity contribution is -0.124. The van der Waals surface area contributed by atoms with Gasteiger partial charge in [-0.1, -0.05) is 89.4 Å². The molecular weight excluding hydrogens is 555 g/mol. The molecule has 0 fully saturated rings. The minimum Gasteiger partial charge on any atom is -0.306 e. The Labute approximate surface area is 245 Å². The molecule has 2 aliphatic rings. The van der Waals surface area contributed by atoms with E-state index in [0.717, 1.165) is 72.5 Å². The SMILES string of the molecule is CCCCC(CC)CN1C(=O)C2=C(c3ccc(Cl)s3)N(CC(CC)CCCC)C(=O)C2=C1c1ccc(Cl)s1. The first-order valence-electron chi connectivity index (χ1n) is 14.0. The lowest BCUT2D eigenvalue weighted by atomic mass is 9.98. The average Bonchev–Trinajstić information content (AvgIpc) is 3.66. The summed E-state index contributed by atoms with van der Waals surface area (Å²) in [5.41, 5.74) is 2.52. The van der Waals surface area contributed by atoms with Crippen LogP contribution in [0.15, 0.2) is 35.4 Å². The number of thiophene rings is 2. The van der Waals surface area contributed by atoms with Gasteiger partial charge in [0.1, 0.15) is 0 Å². The molecule has 38 heavy (non-hydrogen) atoms. The monoisotopic (exact) mass is 592 g/mol. The molecule has 8 heteroatoms. The highest BCUT2D eigenvalue weighted by molar-refractivity contribution is 7.17. The van der Waals surface area contributed by atoms with Gasteiger partial charge in [-0.2, -0.15) is 0 Å². The second-order valence-corrected chi connectivity index (χ2v) is 13.7. The predicted molar refractivity (Wildman–Crippen MR) is 163 cm³/mol. The molecule has 0 saturated heterocycles. The molecule has 0 spiro atoms. The average molecular weight is 594 g/mol. The summed E-state index contributed by atoms with van der Waals surface area (Å²) in [7, 11) is 0. The molecule has 2 aliphatic heterocycles. The van der Waals surface area contributed by atoms with E-state index in [9.17, 15) is 9.59 Å². The zero-order valence-corrected chi connectivity index (χ0v) is 26.0. The molecule has 4 heterocycles. The molecule has 206 valence electrons. The van der Waals surface area contributed by atoms with Crippen LogP contribution in [0.1, 0.15) is 88.8 Å². The summed E-state index contributed by atoms with van der Waals surface area (Å²) in [5, 5.41) is 0. The van der Waals surface area contributed by atoms with Crippen molar-refractivity contribution in [1.82, 2.24) is 9.80 Å². The standard InChI is InChI=1S/C30H38Cl2N2O2S2/c1-5-9-11-19(7-3)17-33-27(21-13-15-23(31)37-21)25-26(29(33)35)28(22-14-16-24(32)38-22)34(30(25)36)18-20(8-4)12-10-6-2/h13-16,19-20H,5-12,17-18H2,1-4H3. The third-order valence-corrected chi connectivity index (χ3v) is 10.2. The Hall–Kier alpha value is -1.60. The maximum Gasteiger partial charge on any atom is 0.261 e. The summed E-state index contributed by atoms with van der Waals surface area (Å²) >= 11 is 15.6. The molecule has 0 aromatic carbocycles. The normalized spacial score (nSPS) is 17.3. The highest BCUT2D eigenvalue weighted by atomic mass is 35.5. The van der Waals surface area contributed by atoms with Crippen molar-refractivity contribution in [2.24, 2.45) is 11.8 Å². The number of hydrogen-bond donors (Lipinski definition) is 0. The van der Waals surface area contributed by atoms with Crippen molar-refractivity contribution in [3.05, 3.63) is 53.8 Å². The Morgan fingerprint density at radius 1 is 0.684 bits per heavy atom. The Morgan fingerprint density at radius 2 is 1.08 bits per heavy atom. The third kappa shape index (κ3) is 5.94. The van der Waals surface area contributed by atoms with Crippen LogP contribution in [-0.4, -0.2) is 34.7 Å². The maximum absolute atomic E-state index is 14.3. The number of halogens is 2. The van der Waals surface area contributed by atoms with Crippen molar-refractivity contribution in [1.29, 1.82) is 0 Å². The molecule has 4 rings (SSSR count). The van der Waals surface area contributed by atoms with Crippen molar-refractivity contribution >= 4 is 69.1 Å². The smallest absolute Gasteiger partial charge is 0.261 e. The van der Waals surface area contributed by atoms with Gasteiger partial charge in [-0.25, -0.2) is 0 Å². The summed E-state index contributed by atoms with van der Waals surface area (Å²) in [5.74, 6) is 0.584. The summed E-state index contributed by atoms with van der Waals surface area (Å²) in [6.07, 6.45) is 8.59. The molecule has 0 bridgehead atoms. The fourth-order valence-corrected chi connectivity index (χ4v) is 7.70. The quantitative estimate of drug-likeness (QED) is 0.219. The maximum atomic E-state index is 14.3. The van der Waals surface area contributed by atoms with Crippen molar-refractivity contribution < 1.29 is 9.59 Å². The third-order valence-electron chi connectivity index (χ3n) is 7.76. The molecule has 0 aliphatic carbocycles. The molecule has 2 aromatic heterocycles. The van der Waals surface area contributed by atoms with Crippen molar-refractivity contribution in [2.45, 2.75) is 79.1 Å². The van der Waals surface area contributed by atoms with E-state index in [1.807, 2.05) is 34.1 Å². The van der Waals surface area contributed by atoms with Crippen molar-refractivity contribution in [3.63, 3.8) is 0 Å². The van der Waals surface area contributed by atoms with Gasteiger partial charge >= 0.3 is 0 Å². The molecule has 2 amide bonds. The number of carbonyl (C=O) groups is 2. The van der Waals surface area contributed by atoms with E-state index in [4.69, 9.17) is 23.2 Å². The van der Waals surface area contributed by atoms with Gasteiger partial charge in [0.05, 0.1) is 41.0 Å². The first-order valence-corrected chi connectivity index (χ1v) is 16.4.